The summed E-state index contributed by atoms with van der Waals surface area (Å²) in [6.45, 7) is 3.87. The molecule has 3 rings (SSSR count). The summed E-state index contributed by atoms with van der Waals surface area (Å²) in [4.78, 5) is 25.5. The third kappa shape index (κ3) is 5.17. The first-order chi connectivity index (χ1) is 13.5. The van der Waals surface area contributed by atoms with E-state index in [9.17, 15) is 9.59 Å². The van der Waals surface area contributed by atoms with E-state index in [4.69, 9.17) is 0 Å². The molecule has 0 atom stereocenters. The lowest BCUT2D eigenvalue weighted by atomic mass is 10.1. The van der Waals surface area contributed by atoms with Gasteiger partial charge in [0, 0.05) is 11.3 Å². The molecule has 3 aromatic carbocycles. The van der Waals surface area contributed by atoms with Crippen LogP contribution < -0.4 is 10.6 Å². The van der Waals surface area contributed by atoms with E-state index in [0.29, 0.717) is 11.3 Å². The summed E-state index contributed by atoms with van der Waals surface area (Å²) in [5, 5.41) is 5.60. The van der Waals surface area contributed by atoms with Crippen molar-refractivity contribution in [1.29, 1.82) is 0 Å². The number of anilines is 1. The lowest BCUT2D eigenvalue weighted by Crippen LogP contribution is -2.30. The van der Waals surface area contributed by atoms with Crippen LogP contribution in [0.4, 0.5) is 5.69 Å². The molecule has 2 amide bonds. The molecule has 0 saturated heterocycles. The maximum Gasteiger partial charge on any atom is 0.272 e. The molecule has 4 nitrogen and oxygen atoms in total. The van der Waals surface area contributed by atoms with Crippen molar-refractivity contribution in [2.75, 3.05) is 5.32 Å². The zero-order chi connectivity index (χ0) is 19.9. The summed E-state index contributed by atoms with van der Waals surface area (Å²) in [5.41, 5.74) is 4.19. The van der Waals surface area contributed by atoms with Crippen molar-refractivity contribution < 1.29 is 9.59 Å². The Hall–Kier alpha value is -3.66. The van der Waals surface area contributed by atoms with Gasteiger partial charge in [-0.05, 0) is 55.3 Å². The first-order valence-electron chi connectivity index (χ1n) is 9.04. The van der Waals surface area contributed by atoms with E-state index in [0.717, 1.165) is 16.7 Å². The van der Waals surface area contributed by atoms with Crippen LogP contribution in [-0.2, 0) is 4.79 Å². The number of rotatable bonds is 5. The summed E-state index contributed by atoms with van der Waals surface area (Å²) >= 11 is 0. The molecule has 4 heteroatoms. The Bertz CT molecular complexity index is 1020. The van der Waals surface area contributed by atoms with Gasteiger partial charge in [-0.3, -0.25) is 9.59 Å². The molecular weight excluding hydrogens is 348 g/mol. The van der Waals surface area contributed by atoms with Gasteiger partial charge >= 0.3 is 0 Å². The summed E-state index contributed by atoms with van der Waals surface area (Å²) in [7, 11) is 0. The van der Waals surface area contributed by atoms with Crippen LogP contribution >= 0.6 is 0 Å². The van der Waals surface area contributed by atoms with Crippen LogP contribution in [0.5, 0.6) is 0 Å². The molecule has 0 aliphatic heterocycles. The van der Waals surface area contributed by atoms with Crippen molar-refractivity contribution in [3.63, 3.8) is 0 Å². The van der Waals surface area contributed by atoms with Crippen molar-refractivity contribution in [3.8, 4) is 0 Å². The van der Waals surface area contributed by atoms with Gasteiger partial charge in [0.1, 0.15) is 5.70 Å². The molecular formula is C24H22N2O2. The van der Waals surface area contributed by atoms with Crippen LogP contribution in [0.3, 0.4) is 0 Å². The normalized spacial score (nSPS) is 11.0. The number of benzene rings is 3. The fourth-order valence-electron chi connectivity index (χ4n) is 2.78. The smallest absolute Gasteiger partial charge is 0.272 e. The number of aryl methyl sites for hydroxylation is 2. The first-order valence-corrected chi connectivity index (χ1v) is 9.04. The summed E-state index contributed by atoms with van der Waals surface area (Å²) in [5.74, 6) is -0.708. The van der Waals surface area contributed by atoms with Crippen molar-refractivity contribution >= 4 is 23.6 Å². The first kappa shape index (κ1) is 19.1. The van der Waals surface area contributed by atoms with Crippen molar-refractivity contribution in [1.82, 2.24) is 5.32 Å². The van der Waals surface area contributed by atoms with Crippen LogP contribution in [0.15, 0.2) is 84.6 Å². The second kappa shape index (κ2) is 8.82. The lowest BCUT2D eigenvalue weighted by Gasteiger charge is -2.12. The van der Waals surface area contributed by atoms with Gasteiger partial charge in [0.05, 0.1) is 0 Å². The minimum Gasteiger partial charge on any atom is -0.321 e. The highest BCUT2D eigenvalue weighted by Gasteiger charge is 2.15. The van der Waals surface area contributed by atoms with E-state index in [1.54, 1.807) is 18.2 Å². The molecule has 0 heterocycles. The molecule has 140 valence electrons. The van der Waals surface area contributed by atoms with Crippen LogP contribution in [0, 0.1) is 13.8 Å². The minimum atomic E-state index is -0.379. The van der Waals surface area contributed by atoms with Gasteiger partial charge < -0.3 is 10.6 Å². The number of hydrogen-bond donors (Lipinski definition) is 2. The van der Waals surface area contributed by atoms with Gasteiger partial charge in [0.2, 0.25) is 0 Å². The summed E-state index contributed by atoms with van der Waals surface area (Å²) in [6, 6.07) is 24.2. The number of amides is 2. The molecule has 0 bridgehead atoms. The quantitative estimate of drug-likeness (QED) is 0.639. The number of hydrogen-bond acceptors (Lipinski definition) is 2. The average molecular weight is 370 g/mol. The van der Waals surface area contributed by atoms with Crippen molar-refractivity contribution in [2.45, 2.75) is 13.8 Å². The van der Waals surface area contributed by atoms with Gasteiger partial charge in [0.25, 0.3) is 11.8 Å². The van der Waals surface area contributed by atoms with E-state index in [-0.39, 0.29) is 17.5 Å². The Balaban J connectivity index is 1.87. The number of carbonyl (C=O) groups is 2. The molecule has 0 fully saturated rings. The molecule has 2 N–H and O–H groups in total. The van der Waals surface area contributed by atoms with E-state index in [1.807, 2.05) is 80.6 Å². The Morgan fingerprint density at radius 1 is 0.786 bits per heavy atom. The third-order valence-electron chi connectivity index (χ3n) is 4.16. The van der Waals surface area contributed by atoms with Crippen LogP contribution in [0.2, 0.25) is 0 Å². The predicted octanol–water partition coefficient (Wildman–Crippen LogP) is 4.71. The van der Waals surface area contributed by atoms with E-state index >= 15 is 0 Å². The van der Waals surface area contributed by atoms with Gasteiger partial charge in [-0.2, -0.15) is 0 Å². The zero-order valence-electron chi connectivity index (χ0n) is 15.9. The fraction of sp³-hybridized carbons (Fsp3) is 0.0833. The highest BCUT2D eigenvalue weighted by atomic mass is 16.2. The van der Waals surface area contributed by atoms with E-state index in [1.165, 1.54) is 0 Å². The Labute approximate surface area is 164 Å². The van der Waals surface area contributed by atoms with Gasteiger partial charge in [-0.1, -0.05) is 60.2 Å². The lowest BCUT2D eigenvalue weighted by molar-refractivity contribution is -0.113. The van der Waals surface area contributed by atoms with Crippen molar-refractivity contribution in [2.24, 2.45) is 0 Å². The van der Waals surface area contributed by atoms with Gasteiger partial charge in [0.15, 0.2) is 0 Å². The molecule has 0 saturated carbocycles. The Morgan fingerprint density at radius 2 is 1.46 bits per heavy atom. The van der Waals surface area contributed by atoms with Gasteiger partial charge in [-0.25, -0.2) is 0 Å². The number of carbonyl (C=O) groups excluding carboxylic acids is 2. The maximum atomic E-state index is 12.9. The Morgan fingerprint density at radius 3 is 2.14 bits per heavy atom. The van der Waals surface area contributed by atoms with E-state index in [2.05, 4.69) is 10.6 Å². The standard InChI is InChI=1S/C24H22N2O2/c1-17-8-6-12-20(14-17)23(27)26-22(16-19-10-4-3-5-11-19)24(28)25-21-13-7-9-18(2)15-21/h3-16H,1-2H3,(H,25,28)(H,26,27)/b22-16+. The topological polar surface area (TPSA) is 58.2 Å². The number of nitrogens with one attached hydrogen (secondary N) is 2. The highest BCUT2D eigenvalue weighted by Crippen LogP contribution is 2.13. The zero-order valence-corrected chi connectivity index (χ0v) is 15.9. The monoisotopic (exact) mass is 370 g/mol. The molecule has 0 unspecified atom stereocenters. The van der Waals surface area contributed by atoms with Crippen molar-refractivity contribution in [3.05, 3.63) is 107 Å². The van der Waals surface area contributed by atoms with Crippen LogP contribution in [-0.4, -0.2) is 11.8 Å². The maximum absolute atomic E-state index is 12.9. The Kier molecular flexibility index (Phi) is 6.02. The summed E-state index contributed by atoms with van der Waals surface area (Å²) in [6.07, 6.45) is 1.67. The van der Waals surface area contributed by atoms with Gasteiger partial charge in [-0.15, -0.1) is 0 Å². The predicted molar refractivity (Wildman–Crippen MR) is 113 cm³/mol. The largest absolute Gasteiger partial charge is 0.321 e. The average Bonchev–Trinajstić information content (AvgIpc) is 2.68. The molecule has 3 aromatic rings. The van der Waals surface area contributed by atoms with E-state index < -0.39 is 0 Å². The second-order valence-electron chi connectivity index (χ2n) is 6.62. The minimum absolute atomic E-state index is 0.180. The second-order valence-corrected chi connectivity index (χ2v) is 6.62. The molecule has 28 heavy (non-hydrogen) atoms. The molecule has 0 spiro atoms. The molecule has 0 aromatic heterocycles. The SMILES string of the molecule is Cc1cccc(NC(=O)/C(=C\c2ccccc2)NC(=O)c2cccc(C)c2)c1. The summed E-state index contributed by atoms with van der Waals surface area (Å²) < 4.78 is 0. The van der Waals surface area contributed by atoms with Crippen LogP contribution in [0.25, 0.3) is 6.08 Å². The highest BCUT2D eigenvalue weighted by molar-refractivity contribution is 6.10. The molecule has 0 radical (unpaired) electrons. The van der Waals surface area contributed by atoms with Crippen LogP contribution in [0.1, 0.15) is 27.0 Å². The molecule has 0 aliphatic rings. The fourth-order valence-corrected chi connectivity index (χ4v) is 2.78. The molecule has 0 aliphatic carbocycles. The third-order valence-corrected chi connectivity index (χ3v) is 4.16.